The summed E-state index contributed by atoms with van der Waals surface area (Å²) in [6, 6.07) is 0. The van der Waals surface area contributed by atoms with Crippen LogP contribution in [0.2, 0.25) is 0 Å². The molecule has 0 aliphatic carbocycles. The maximum atomic E-state index is 11.6. The summed E-state index contributed by atoms with van der Waals surface area (Å²) < 4.78 is 10.3. The highest BCUT2D eigenvalue weighted by atomic mass is 16.5. The van der Waals surface area contributed by atoms with Gasteiger partial charge >= 0.3 is 11.9 Å². The lowest BCUT2D eigenvalue weighted by molar-refractivity contribution is -0.150. The highest BCUT2D eigenvalue weighted by molar-refractivity contribution is 5.77. The maximum absolute atomic E-state index is 11.6. The lowest BCUT2D eigenvalue weighted by atomic mass is 10.0. The van der Waals surface area contributed by atoms with E-state index in [1.54, 1.807) is 0 Å². The fourth-order valence-corrected chi connectivity index (χ4v) is 3.18. The van der Waals surface area contributed by atoms with Crippen LogP contribution in [0, 0.1) is 0 Å². The van der Waals surface area contributed by atoms with Crippen LogP contribution in [0.4, 0.5) is 0 Å². The van der Waals surface area contributed by atoms with Crippen molar-refractivity contribution in [3.63, 3.8) is 0 Å². The molecule has 170 valence electrons. The minimum atomic E-state index is -0.326. The Morgan fingerprint density at radius 3 is 1.52 bits per heavy atom. The van der Waals surface area contributed by atoms with E-state index in [1.165, 1.54) is 70.6 Å². The molecule has 29 heavy (non-hydrogen) atoms. The summed E-state index contributed by atoms with van der Waals surface area (Å²) in [5.41, 5.74) is 0. The number of rotatable bonds is 21. The van der Waals surface area contributed by atoms with Crippen molar-refractivity contribution in [3.8, 4) is 0 Å². The molecule has 0 aromatic carbocycles. The second-order valence-electron chi connectivity index (χ2n) is 7.85. The Bertz CT molecular complexity index is 404. The molecule has 0 bridgehead atoms. The van der Waals surface area contributed by atoms with Crippen LogP contribution in [0.15, 0.2) is 12.2 Å². The average molecular weight is 411 g/mol. The lowest BCUT2D eigenvalue weighted by Gasteiger charge is -2.06. The summed E-state index contributed by atoms with van der Waals surface area (Å²) in [6.45, 7) is 5.17. The second kappa shape index (κ2) is 23.0. The monoisotopic (exact) mass is 410 g/mol. The van der Waals surface area contributed by atoms with E-state index in [1.807, 2.05) is 12.2 Å². The lowest BCUT2D eigenvalue weighted by Crippen LogP contribution is -2.11. The van der Waals surface area contributed by atoms with Crippen molar-refractivity contribution in [3.05, 3.63) is 12.2 Å². The Labute approximate surface area is 179 Å². The summed E-state index contributed by atoms with van der Waals surface area (Å²) >= 11 is 0. The molecule has 0 saturated heterocycles. The predicted octanol–water partition coefficient (Wildman–Crippen LogP) is 7.30. The van der Waals surface area contributed by atoms with Crippen LogP contribution in [-0.4, -0.2) is 25.2 Å². The van der Waals surface area contributed by atoms with Crippen molar-refractivity contribution in [1.29, 1.82) is 0 Å². The smallest absolute Gasteiger partial charge is 0.306 e. The SMILES string of the molecule is CC/C=C\CCOC(=O)CCC(=O)OCCCCCCCCCCCCCCC. The molecule has 0 aromatic heterocycles. The zero-order chi connectivity index (χ0) is 21.4. The molecule has 0 amide bonds. The standard InChI is InChI=1S/C25H46O4/c1-3-5-7-9-10-11-12-13-14-15-16-17-19-23-29-25(27)21-20-24(26)28-22-18-8-6-4-2/h6,8H,3-5,7,9-23H2,1-2H3/b8-6-. The second-order valence-corrected chi connectivity index (χ2v) is 7.85. The molecule has 0 aliphatic heterocycles. The highest BCUT2D eigenvalue weighted by Gasteiger charge is 2.08. The Kier molecular flexibility index (Phi) is 21.9. The third kappa shape index (κ3) is 22.8. The molecule has 0 radical (unpaired) electrons. The molecule has 0 unspecified atom stereocenters. The van der Waals surface area contributed by atoms with Gasteiger partial charge < -0.3 is 9.47 Å². The summed E-state index contributed by atoms with van der Waals surface area (Å²) in [6.07, 6.45) is 22.9. The number of hydrogen-bond acceptors (Lipinski definition) is 4. The zero-order valence-corrected chi connectivity index (χ0v) is 19.2. The van der Waals surface area contributed by atoms with Gasteiger partial charge in [-0.25, -0.2) is 0 Å². The molecule has 4 nitrogen and oxygen atoms in total. The third-order valence-electron chi connectivity index (χ3n) is 4.99. The van der Waals surface area contributed by atoms with Gasteiger partial charge in [0, 0.05) is 0 Å². The van der Waals surface area contributed by atoms with Crippen LogP contribution in [0.5, 0.6) is 0 Å². The molecule has 0 spiro atoms. The van der Waals surface area contributed by atoms with Crippen molar-refractivity contribution in [2.75, 3.05) is 13.2 Å². The number of ether oxygens (including phenoxy) is 2. The fraction of sp³-hybridized carbons (Fsp3) is 0.840. The Morgan fingerprint density at radius 2 is 1.03 bits per heavy atom. The van der Waals surface area contributed by atoms with Crippen LogP contribution in [0.25, 0.3) is 0 Å². The molecule has 0 N–H and O–H groups in total. The molecule has 0 fully saturated rings. The summed E-state index contributed by atoms with van der Waals surface area (Å²) in [5, 5.41) is 0. The summed E-state index contributed by atoms with van der Waals surface area (Å²) in [4.78, 5) is 23.2. The van der Waals surface area contributed by atoms with Gasteiger partial charge in [-0.05, 0) is 19.3 Å². The number of carbonyl (C=O) groups is 2. The largest absolute Gasteiger partial charge is 0.466 e. The zero-order valence-electron chi connectivity index (χ0n) is 19.2. The maximum Gasteiger partial charge on any atom is 0.306 e. The number of esters is 2. The normalized spacial score (nSPS) is 11.1. The first-order valence-electron chi connectivity index (χ1n) is 12.2. The van der Waals surface area contributed by atoms with Gasteiger partial charge in [0.25, 0.3) is 0 Å². The van der Waals surface area contributed by atoms with Gasteiger partial charge in [0.05, 0.1) is 26.1 Å². The quantitative estimate of drug-likeness (QED) is 0.113. The van der Waals surface area contributed by atoms with Crippen molar-refractivity contribution in [1.82, 2.24) is 0 Å². The van der Waals surface area contributed by atoms with E-state index in [2.05, 4.69) is 13.8 Å². The van der Waals surface area contributed by atoms with Crippen LogP contribution in [0.3, 0.4) is 0 Å². The van der Waals surface area contributed by atoms with Gasteiger partial charge in [0.15, 0.2) is 0 Å². The van der Waals surface area contributed by atoms with Crippen LogP contribution >= 0.6 is 0 Å². The van der Waals surface area contributed by atoms with Crippen LogP contribution in [-0.2, 0) is 19.1 Å². The third-order valence-corrected chi connectivity index (χ3v) is 4.99. The van der Waals surface area contributed by atoms with E-state index in [-0.39, 0.29) is 24.8 Å². The number of hydrogen-bond donors (Lipinski definition) is 0. The minimum absolute atomic E-state index is 0.106. The number of unbranched alkanes of at least 4 members (excludes halogenated alkanes) is 12. The van der Waals surface area contributed by atoms with E-state index >= 15 is 0 Å². The first-order chi connectivity index (χ1) is 14.2. The molecule has 0 rings (SSSR count). The van der Waals surface area contributed by atoms with Gasteiger partial charge in [-0.1, -0.05) is 103 Å². The Morgan fingerprint density at radius 1 is 0.586 bits per heavy atom. The minimum Gasteiger partial charge on any atom is -0.466 e. The first-order valence-corrected chi connectivity index (χ1v) is 12.2. The van der Waals surface area contributed by atoms with E-state index in [0.29, 0.717) is 13.2 Å². The summed E-state index contributed by atoms with van der Waals surface area (Å²) in [7, 11) is 0. The van der Waals surface area contributed by atoms with Crippen molar-refractivity contribution < 1.29 is 19.1 Å². The van der Waals surface area contributed by atoms with E-state index in [9.17, 15) is 9.59 Å². The van der Waals surface area contributed by atoms with E-state index in [4.69, 9.17) is 9.47 Å². The van der Waals surface area contributed by atoms with Gasteiger partial charge in [0.2, 0.25) is 0 Å². The fourth-order valence-electron chi connectivity index (χ4n) is 3.18. The van der Waals surface area contributed by atoms with E-state index in [0.717, 1.165) is 25.7 Å². The van der Waals surface area contributed by atoms with Gasteiger partial charge in [0.1, 0.15) is 0 Å². The van der Waals surface area contributed by atoms with E-state index < -0.39 is 0 Å². The molecule has 0 saturated carbocycles. The van der Waals surface area contributed by atoms with Gasteiger partial charge in [-0.3, -0.25) is 9.59 Å². The summed E-state index contributed by atoms with van der Waals surface area (Å²) in [5.74, 6) is -0.625. The first kappa shape index (κ1) is 27.7. The number of allylic oxidation sites excluding steroid dienone is 1. The van der Waals surface area contributed by atoms with Crippen molar-refractivity contribution in [2.24, 2.45) is 0 Å². The molecular formula is C25H46O4. The topological polar surface area (TPSA) is 52.6 Å². The number of carbonyl (C=O) groups excluding carboxylic acids is 2. The average Bonchev–Trinajstić information content (AvgIpc) is 2.72. The Balaban J connectivity index is 3.29. The van der Waals surface area contributed by atoms with Crippen LogP contribution < -0.4 is 0 Å². The molecule has 4 heteroatoms. The van der Waals surface area contributed by atoms with Crippen LogP contribution in [0.1, 0.15) is 123 Å². The molecule has 0 aliphatic rings. The van der Waals surface area contributed by atoms with Crippen molar-refractivity contribution >= 4 is 11.9 Å². The Hall–Kier alpha value is -1.32. The van der Waals surface area contributed by atoms with Gasteiger partial charge in [-0.2, -0.15) is 0 Å². The molecule has 0 aromatic rings. The molecule has 0 atom stereocenters. The highest BCUT2D eigenvalue weighted by Crippen LogP contribution is 2.12. The molecular weight excluding hydrogens is 364 g/mol. The van der Waals surface area contributed by atoms with Gasteiger partial charge in [-0.15, -0.1) is 0 Å². The van der Waals surface area contributed by atoms with Crippen molar-refractivity contribution in [2.45, 2.75) is 123 Å². The molecule has 0 heterocycles. The predicted molar refractivity (Wildman–Crippen MR) is 121 cm³/mol.